The van der Waals surface area contributed by atoms with Crippen molar-refractivity contribution in [1.82, 2.24) is 30.7 Å². The summed E-state index contributed by atoms with van der Waals surface area (Å²) in [5, 5.41) is 8.68. The number of carbonyl (C=O) groups is 6. The zero-order valence-electron chi connectivity index (χ0n) is 34.0. The number of amides is 6. The lowest BCUT2D eigenvalue weighted by atomic mass is 10.0. The number of nitrogens with one attached hydrogen (secondary N) is 3. The van der Waals surface area contributed by atoms with Crippen LogP contribution in [0.1, 0.15) is 135 Å². The molecule has 0 heterocycles. The number of rotatable bonds is 15. The number of nitrogens with zero attached hydrogens (tertiary/aromatic N) is 3. The lowest BCUT2D eigenvalue weighted by molar-refractivity contribution is -0.124. The van der Waals surface area contributed by atoms with E-state index < -0.39 is 34.3 Å². The van der Waals surface area contributed by atoms with Crippen molar-refractivity contribution in [3.63, 3.8) is 0 Å². The molecule has 1 rings (SSSR count). The molecule has 288 valence electrons. The molecule has 0 aliphatic carbocycles. The average Bonchev–Trinajstić information content (AvgIpc) is 2.90. The Morgan fingerprint density at radius 2 is 0.647 bits per heavy atom. The first-order valence-corrected chi connectivity index (χ1v) is 18.0. The number of carbonyl (C=O) groups excluding carboxylic acids is 6. The Labute approximate surface area is 306 Å². The molecule has 12 heteroatoms. The second-order valence-electron chi connectivity index (χ2n) is 17.9. The Kier molecular flexibility index (Phi) is 16.4. The van der Waals surface area contributed by atoms with E-state index in [1.54, 1.807) is 0 Å². The van der Waals surface area contributed by atoms with E-state index in [4.69, 9.17) is 0 Å². The van der Waals surface area contributed by atoms with Gasteiger partial charge in [-0.1, -0.05) is 41.5 Å². The minimum atomic E-state index is -0.529. The van der Waals surface area contributed by atoms with Gasteiger partial charge in [0, 0.05) is 52.9 Å². The highest BCUT2D eigenvalue weighted by atomic mass is 16.2. The van der Waals surface area contributed by atoms with E-state index in [0.717, 1.165) is 0 Å². The van der Waals surface area contributed by atoms with Gasteiger partial charge < -0.3 is 30.7 Å². The van der Waals surface area contributed by atoms with Gasteiger partial charge in [0.1, 0.15) is 0 Å². The van der Waals surface area contributed by atoms with Gasteiger partial charge in [-0.05, 0) is 98.3 Å². The molecule has 0 fully saturated rings. The summed E-state index contributed by atoms with van der Waals surface area (Å²) in [6.07, 6.45) is 0. The third-order valence-corrected chi connectivity index (χ3v) is 6.84. The molecule has 1 aromatic rings. The molecule has 0 atom stereocenters. The first kappa shape index (κ1) is 45.1. The monoisotopic (exact) mass is 715 g/mol. The summed E-state index contributed by atoms with van der Waals surface area (Å²) >= 11 is 0. The van der Waals surface area contributed by atoms with Crippen molar-refractivity contribution in [1.29, 1.82) is 0 Å². The molecule has 0 saturated carbocycles. The molecule has 1 aromatic carbocycles. The van der Waals surface area contributed by atoms with Crippen molar-refractivity contribution >= 4 is 35.4 Å². The highest BCUT2D eigenvalue weighted by Crippen LogP contribution is 2.20. The van der Waals surface area contributed by atoms with Crippen molar-refractivity contribution < 1.29 is 28.8 Å². The molecular weight excluding hydrogens is 648 g/mol. The average molecular weight is 715 g/mol. The van der Waals surface area contributed by atoms with E-state index in [9.17, 15) is 28.8 Å². The molecule has 0 saturated heterocycles. The zero-order chi connectivity index (χ0) is 39.6. The standard InChI is InChI=1S/C39H66N6O6/c1-25(2)19-43(22-31(46)40-37(7,8)9)34(49)28-16-29(35(50)44(20-26(3)4)23-32(47)41-38(10,11)12)18-30(17-28)36(51)45(21-27(5)6)24-33(48)42-39(13,14)15/h16-18,25-27H,19-24H2,1-15H3,(H,40,46)(H,41,47)(H,42,48). The molecule has 0 bridgehead atoms. The van der Waals surface area contributed by atoms with Crippen LogP contribution >= 0.6 is 0 Å². The predicted molar refractivity (Wildman–Crippen MR) is 202 cm³/mol. The fraction of sp³-hybridized carbons (Fsp3) is 0.692. The molecule has 0 spiro atoms. The van der Waals surface area contributed by atoms with Crippen molar-refractivity contribution in [3.8, 4) is 0 Å². The quantitative estimate of drug-likeness (QED) is 0.240. The van der Waals surface area contributed by atoms with E-state index in [1.807, 2.05) is 104 Å². The van der Waals surface area contributed by atoms with Crippen LogP contribution in [0.4, 0.5) is 0 Å². The van der Waals surface area contributed by atoms with E-state index in [1.165, 1.54) is 32.9 Å². The van der Waals surface area contributed by atoms with Crippen molar-refractivity contribution in [2.45, 2.75) is 120 Å². The molecule has 51 heavy (non-hydrogen) atoms. The van der Waals surface area contributed by atoms with Crippen LogP contribution in [-0.4, -0.2) is 106 Å². The highest BCUT2D eigenvalue weighted by molar-refractivity contribution is 6.06. The fourth-order valence-electron chi connectivity index (χ4n) is 5.42. The van der Waals surface area contributed by atoms with Crippen molar-refractivity contribution in [2.24, 2.45) is 17.8 Å². The molecule has 0 aliphatic rings. The van der Waals surface area contributed by atoms with Crippen LogP contribution in [0.25, 0.3) is 0 Å². The summed E-state index contributed by atoms with van der Waals surface area (Å²) in [4.78, 5) is 86.1. The number of hydrogen-bond donors (Lipinski definition) is 3. The molecule has 0 aromatic heterocycles. The van der Waals surface area contributed by atoms with E-state index in [0.29, 0.717) is 0 Å². The lowest BCUT2D eigenvalue weighted by Crippen LogP contribution is -2.49. The van der Waals surface area contributed by atoms with Gasteiger partial charge in [0.05, 0.1) is 19.6 Å². The van der Waals surface area contributed by atoms with Gasteiger partial charge >= 0.3 is 0 Å². The molecular formula is C39H66N6O6. The SMILES string of the molecule is CC(C)CN(CC(=O)NC(C)(C)C)C(=O)c1cc(C(=O)N(CC(=O)NC(C)(C)C)CC(C)C)cc(C(=O)N(CC(=O)NC(C)(C)C)CC(C)C)c1. The van der Waals surface area contributed by atoms with E-state index in [2.05, 4.69) is 16.0 Å². The zero-order valence-corrected chi connectivity index (χ0v) is 34.0. The van der Waals surface area contributed by atoms with Crippen molar-refractivity contribution in [3.05, 3.63) is 34.9 Å². The largest absolute Gasteiger partial charge is 0.350 e. The summed E-state index contributed by atoms with van der Waals surface area (Å²) in [7, 11) is 0. The highest BCUT2D eigenvalue weighted by Gasteiger charge is 2.29. The smallest absolute Gasteiger partial charge is 0.254 e. The van der Waals surface area contributed by atoms with Crippen LogP contribution in [0.5, 0.6) is 0 Å². The number of hydrogen-bond acceptors (Lipinski definition) is 6. The predicted octanol–water partition coefficient (Wildman–Crippen LogP) is 4.73. The Balaban J connectivity index is 3.89. The van der Waals surface area contributed by atoms with Gasteiger partial charge in [0.15, 0.2) is 0 Å². The Bertz CT molecular complexity index is 1220. The maximum Gasteiger partial charge on any atom is 0.254 e. The summed E-state index contributed by atoms with van der Waals surface area (Å²) in [5.74, 6) is -2.60. The minimum absolute atomic E-state index is 0.00743. The Morgan fingerprint density at radius 3 is 0.804 bits per heavy atom. The van der Waals surface area contributed by atoms with Gasteiger partial charge in [0.2, 0.25) is 17.7 Å². The first-order chi connectivity index (χ1) is 23.1. The second-order valence-corrected chi connectivity index (χ2v) is 17.9. The summed E-state index contributed by atoms with van der Waals surface area (Å²) in [5.41, 5.74) is -1.43. The first-order valence-electron chi connectivity index (χ1n) is 18.0. The molecule has 3 N–H and O–H groups in total. The minimum Gasteiger partial charge on any atom is -0.350 e. The maximum absolute atomic E-state index is 14.3. The molecule has 12 nitrogen and oxygen atoms in total. The third-order valence-electron chi connectivity index (χ3n) is 6.84. The third kappa shape index (κ3) is 17.7. The molecule has 6 amide bonds. The van der Waals surface area contributed by atoms with Crippen LogP contribution in [0.15, 0.2) is 18.2 Å². The van der Waals surface area contributed by atoms with E-state index >= 15 is 0 Å². The summed E-state index contributed by atoms with van der Waals surface area (Å²) in [6.45, 7) is 28.3. The second kappa shape index (κ2) is 18.5. The van der Waals surface area contributed by atoms with Gasteiger partial charge in [-0.2, -0.15) is 0 Å². The molecule has 0 aliphatic heterocycles. The normalized spacial score (nSPS) is 12.1. The van der Waals surface area contributed by atoms with Crippen LogP contribution in [0.3, 0.4) is 0 Å². The van der Waals surface area contributed by atoms with Gasteiger partial charge in [-0.15, -0.1) is 0 Å². The Hall–Kier alpha value is -3.96. The van der Waals surface area contributed by atoms with Crippen LogP contribution in [0, 0.1) is 17.8 Å². The van der Waals surface area contributed by atoms with Crippen molar-refractivity contribution in [2.75, 3.05) is 39.3 Å². The summed E-state index contributed by atoms with van der Waals surface area (Å²) < 4.78 is 0. The fourth-order valence-corrected chi connectivity index (χ4v) is 5.42. The van der Waals surface area contributed by atoms with Crippen LogP contribution in [0.2, 0.25) is 0 Å². The van der Waals surface area contributed by atoms with Gasteiger partial charge in [-0.25, -0.2) is 0 Å². The lowest BCUT2D eigenvalue weighted by Gasteiger charge is -2.29. The topological polar surface area (TPSA) is 148 Å². The maximum atomic E-state index is 14.3. The van der Waals surface area contributed by atoms with E-state index in [-0.39, 0.29) is 91.4 Å². The summed E-state index contributed by atoms with van der Waals surface area (Å²) in [6, 6.07) is 4.26. The van der Waals surface area contributed by atoms with Gasteiger partial charge in [0.25, 0.3) is 17.7 Å². The van der Waals surface area contributed by atoms with Gasteiger partial charge in [-0.3, -0.25) is 28.8 Å². The number of benzene rings is 1. The van der Waals surface area contributed by atoms with Crippen LogP contribution in [-0.2, 0) is 14.4 Å². The molecule has 0 unspecified atom stereocenters. The van der Waals surface area contributed by atoms with Crippen LogP contribution < -0.4 is 16.0 Å². The Morgan fingerprint density at radius 1 is 0.451 bits per heavy atom. The molecule has 0 radical (unpaired) electrons.